The number of piperidine rings is 1. The van der Waals surface area contributed by atoms with Gasteiger partial charge >= 0.3 is 0 Å². The standard InChI is InChI=1S/C32H36N6/c1-22-28-13-16-34-31(28)12-11-30(22)36-32-26(19-33)20-35-23(2)29(32)10-9-24-5-7-25(8-6-24)21-38-17-14-27(15-18-38)37(3)4/h5-13,16,20,27,34H,14-15,17-18,21H2,1-4H3,(H,35,36)/b10-9+. The van der Waals surface area contributed by atoms with Gasteiger partial charge in [-0.25, -0.2) is 0 Å². The van der Waals surface area contributed by atoms with Gasteiger partial charge < -0.3 is 15.2 Å². The number of aromatic amines is 1. The smallest absolute Gasteiger partial charge is 0.103 e. The number of hydrogen-bond donors (Lipinski definition) is 2. The molecule has 1 aliphatic rings. The van der Waals surface area contributed by atoms with Crippen LogP contribution in [0, 0.1) is 25.2 Å². The van der Waals surface area contributed by atoms with Crippen LogP contribution in [0.25, 0.3) is 23.1 Å². The third kappa shape index (κ3) is 5.50. The van der Waals surface area contributed by atoms with Crippen LogP contribution in [0.1, 0.15) is 46.4 Å². The van der Waals surface area contributed by atoms with E-state index in [1.165, 1.54) is 23.8 Å². The number of aromatic nitrogens is 2. The number of nitrogens with one attached hydrogen (secondary N) is 2. The molecular weight excluding hydrogens is 468 g/mol. The van der Waals surface area contributed by atoms with Crippen molar-refractivity contribution in [2.24, 2.45) is 0 Å². The molecule has 0 spiro atoms. The third-order valence-electron chi connectivity index (χ3n) is 7.82. The summed E-state index contributed by atoms with van der Waals surface area (Å²) in [6.07, 6.45) is 10.2. The van der Waals surface area contributed by atoms with Crippen molar-refractivity contribution >= 4 is 34.4 Å². The van der Waals surface area contributed by atoms with E-state index in [-0.39, 0.29) is 0 Å². The third-order valence-corrected chi connectivity index (χ3v) is 7.82. The topological polar surface area (TPSA) is 71.0 Å². The fourth-order valence-electron chi connectivity index (χ4n) is 5.36. The molecule has 1 saturated heterocycles. The van der Waals surface area contributed by atoms with Crippen LogP contribution in [0.2, 0.25) is 0 Å². The summed E-state index contributed by atoms with van der Waals surface area (Å²) in [6, 6.07) is 18.0. The number of aryl methyl sites for hydroxylation is 2. The van der Waals surface area contributed by atoms with Crippen LogP contribution in [0.4, 0.5) is 11.4 Å². The SMILES string of the molecule is Cc1ncc(C#N)c(Nc2ccc3[nH]ccc3c2C)c1/C=C/c1ccc(CN2CCC(N(C)C)CC2)cc1. The Morgan fingerprint density at radius 3 is 2.55 bits per heavy atom. The van der Waals surface area contributed by atoms with Crippen molar-refractivity contribution in [3.8, 4) is 6.07 Å². The largest absolute Gasteiger partial charge is 0.361 e. The van der Waals surface area contributed by atoms with Crippen LogP contribution in [0.3, 0.4) is 0 Å². The number of likely N-dealkylation sites (tertiary alicyclic amines) is 1. The van der Waals surface area contributed by atoms with E-state index in [9.17, 15) is 5.26 Å². The molecule has 38 heavy (non-hydrogen) atoms. The molecule has 0 saturated carbocycles. The molecule has 2 aromatic heterocycles. The van der Waals surface area contributed by atoms with Gasteiger partial charge in [0, 0.05) is 52.8 Å². The van der Waals surface area contributed by atoms with E-state index in [1.807, 2.05) is 13.1 Å². The maximum absolute atomic E-state index is 9.85. The van der Waals surface area contributed by atoms with Crippen molar-refractivity contribution in [2.75, 3.05) is 32.5 Å². The molecule has 5 rings (SSSR count). The van der Waals surface area contributed by atoms with Crippen LogP contribution in [0.5, 0.6) is 0 Å². The summed E-state index contributed by atoms with van der Waals surface area (Å²) in [4.78, 5) is 12.7. The first kappa shape index (κ1) is 25.7. The summed E-state index contributed by atoms with van der Waals surface area (Å²) >= 11 is 0. The van der Waals surface area contributed by atoms with Gasteiger partial charge in [0.2, 0.25) is 0 Å². The van der Waals surface area contributed by atoms with E-state index in [1.54, 1.807) is 6.20 Å². The number of anilines is 2. The van der Waals surface area contributed by atoms with Gasteiger partial charge in [-0.15, -0.1) is 0 Å². The number of benzene rings is 2. The highest BCUT2D eigenvalue weighted by Crippen LogP contribution is 2.32. The number of pyridine rings is 1. The Hall–Kier alpha value is -3.92. The van der Waals surface area contributed by atoms with Crippen LogP contribution < -0.4 is 5.32 Å². The summed E-state index contributed by atoms with van der Waals surface area (Å²) in [5, 5.41) is 14.6. The molecular formula is C32H36N6. The van der Waals surface area contributed by atoms with Crippen molar-refractivity contribution in [1.29, 1.82) is 5.26 Å². The molecule has 3 heterocycles. The Morgan fingerprint density at radius 2 is 1.84 bits per heavy atom. The molecule has 1 fully saturated rings. The number of nitrogens with zero attached hydrogens (tertiary/aromatic N) is 4. The molecule has 2 aromatic carbocycles. The van der Waals surface area contributed by atoms with Gasteiger partial charge in [0.1, 0.15) is 6.07 Å². The molecule has 1 aliphatic heterocycles. The fourth-order valence-corrected chi connectivity index (χ4v) is 5.36. The monoisotopic (exact) mass is 504 g/mol. The molecule has 2 N–H and O–H groups in total. The van der Waals surface area contributed by atoms with Gasteiger partial charge in [-0.05, 0) is 88.8 Å². The summed E-state index contributed by atoms with van der Waals surface area (Å²) in [5.74, 6) is 0. The second-order valence-electron chi connectivity index (χ2n) is 10.5. The maximum atomic E-state index is 9.85. The lowest BCUT2D eigenvalue weighted by atomic mass is 10.0. The first-order chi connectivity index (χ1) is 18.4. The van der Waals surface area contributed by atoms with E-state index in [4.69, 9.17) is 0 Å². The van der Waals surface area contributed by atoms with Crippen LogP contribution >= 0.6 is 0 Å². The van der Waals surface area contributed by atoms with E-state index in [2.05, 4.69) is 107 Å². The molecule has 0 amide bonds. The van der Waals surface area contributed by atoms with Gasteiger partial charge in [-0.2, -0.15) is 5.26 Å². The molecule has 0 radical (unpaired) electrons. The molecule has 0 aliphatic carbocycles. The van der Waals surface area contributed by atoms with E-state index >= 15 is 0 Å². The summed E-state index contributed by atoms with van der Waals surface area (Å²) in [6.45, 7) is 7.38. The highest BCUT2D eigenvalue weighted by molar-refractivity contribution is 5.90. The van der Waals surface area contributed by atoms with E-state index < -0.39 is 0 Å². The van der Waals surface area contributed by atoms with Crippen LogP contribution in [0.15, 0.2) is 54.9 Å². The molecule has 6 nitrogen and oxygen atoms in total. The Labute approximate surface area is 225 Å². The first-order valence-electron chi connectivity index (χ1n) is 13.3. The van der Waals surface area contributed by atoms with Crippen molar-refractivity contribution in [3.05, 3.63) is 88.4 Å². The Balaban J connectivity index is 1.34. The van der Waals surface area contributed by atoms with Gasteiger partial charge in [0.25, 0.3) is 0 Å². The average Bonchev–Trinajstić information content (AvgIpc) is 3.41. The highest BCUT2D eigenvalue weighted by atomic mass is 15.2. The summed E-state index contributed by atoms with van der Waals surface area (Å²) in [7, 11) is 4.37. The van der Waals surface area contributed by atoms with Crippen molar-refractivity contribution in [1.82, 2.24) is 19.8 Å². The lowest BCUT2D eigenvalue weighted by Gasteiger charge is -2.35. The average molecular weight is 505 g/mol. The number of nitriles is 1. The number of hydrogen-bond acceptors (Lipinski definition) is 5. The number of rotatable bonds is 7. The highest BCUT2D eigenvalue weighted by Gasteiger charge is 2.20. The zero-order valence-electron chi connectivity index (χ0n) is 22.8. The van der Waals surface area contributed by atoms with Gasteiger partial charge in [0.05, 0.1) is 11.3 Å². The normalized spacial score (nSPS) is 14.9. The Morgan fingerprint density at radius 1 is 1.08 bits per heavy atom. The van der Waals surface area contributed by atoms with Crippen molar-refractivity contribution < 1.29 is 0 Å². The maximum Gasteiger partial charge on any atom is 0.103 e. The zero-order valence-corrected chi connectivity index (χ0v) is 22.8. The minimum absolute atomic E-state index is 0.525. The molecule has 0 atom stereocenters. The molecule has 4 aromatic rings. The first-order valence-corrected chi connectivity index (χ1v) is 13.3. The summed E-state index contributed by atoms with van der Waals surface area (Å²) < 4.78 is 0. The molecule has 6 heteroatoms. The van der Waals surface area contributed by atoms with Gasteiger partial charge in [-0.1, -0.05) is 36.4 Å². The van der Waals surface area contributed by atoms with Gasteiger partial charge in [-0.3, -0.25) is 9.88 Å². The van der Waals surface area contributed by atoms with E-state index in [0.717, 1.165) is 58.9 Å². The minimum Gasteiger partial charge on any atom is -0.361 e. The predicted molar refractivity (Wildman–Crippen MR) is 157 cm³/mol. The number of fused-ring (bicyclic) bond motifs is 1. The van der Waals surface area contributed by atoms with Crippen molar-refractivity contribution in [3.63, 3.8) is 0 Å². The second-order valence-corrected chi connectivity index (χ2v) is 10.5. The zero-order chi connectivity index (χ0) is 26.6. The van der Waals surface area contributed by atoms with Crippen molar-refractivity contribution in [2.45, 2.75) is 39.3 Å². The van der Waals surface area contributed by atoms with Crippen LogP contribution in [-0.2, 0) is 6.54 Å². The molecule has 0 bridgehead atoms. The van der Waals surface area contributed by atoms with Crippen LogP contribution in [-0.4, -0.2) is 53.0 Å². The lowest BCUT2D eigenvalue weighted by molar-refractivity contribution is 0.140. The molecule has 194 valence electrons. The Bertz CT molecular complexity index is 1480. The summed E-state index contributed by atoms with van der Waals surface area (Å²) in [5.41, 5.74) is 8.79. The molecule has 0 unspecified atom stereocenters. The lowest BCUT2D eigenvalue weighted by Crippen LogP contribution is -2.41. The van der Waals surface area contributed by atoms with E-state index in [0.29, 0.717) is 11.6 Å². The quantitative estimate of drug-likeness (QED) is 0.301. The number of H-pyrrole nitrogens is 1. The second kappa shape index (κ2) is 11.2. The minimum atomic E-state index is 0.525. The Kier molecular flexibility index (Phi) is 7.59. The fraction of sp³-hybridized carbons (Fsp3) is 0.312. The predicted octanol–water partition coefficient (Wildman–Crippen LogP) is 6.49. The van der Waals surface area contributed by atoms with Gasteiger partial charge in [0.15, 0.2) is 0 Å².